The lowest BCUT2D eigenvalue weighted by atomic mass is 10.0. The number of carboxylic acid groups (broad SMARTS) is 1. The second kappa shape index (κ2) is 6.26. The van der Waals surface area contributed by atoms with Gasteiger partial charge in [-0.3, -0.25) is 9.59 Å². The molecule has 0 heterocycles. The van der Waals surface area contributed by atoms with Gasteiger partial charge in [0.05, 0.1) is 13.5 Å². The zero-order valence-corrected chi connectivity index (χ0v) is 12.0. The molecule has 0 bridgehead atoms. The highest BCUT2D eigenvalue weighted by Gasteiger charge is 2.14. The summed E-state index contributed by atoms with van der Waals surface area (Å²) >= 11 is 0. The van der Waals surface area contributed by atoms with E-state index < -0.39 is 5.97 Å². The Balaban J connectivity index is 2.29. The van der Waals surface area contributed by atoms with E-state index in [4.69, 9.17) is 9.84 Å². The molecule has 1 N–H and O–H groups in total. The maximum Gasteiger partial charge on any atom is 0.323 e. The van der Waals surface area contributed by atoms with Gasteiger partial charge in [-0.1, -0.05) is 24.3 Å². The third-order valence-electron chi connectivity index (χ3n) is 3.32. The molecule has 0 aliphatic heterocycles. The third-order valence-corrected chi connectivity index (χ3v) is 3.32. The summed E-state index contributed by atoms with van der Waals surface area (Å²) in [5.41, 5.74) is 0.855. The first-order valence-corrected chi connectivity index (χ1v) is 6.52. The summed E-state index contributed by atoms with van der Waals surface area (Å²) in [5.74, 6) is -0.528. The molecule has 0 atom stereocenters. The maximum absolute atomic E-state index is 12.1. The van der Waals surface area contributed by atoms with Gasteiger partial charge >= 0.3 is 5.97 Å². The molecule has 5 nitrogen and oxygen atoms in total. The molecule has 1 amide bonds. The molecule has 5 heteroatoms. The van der Waals surface area contributed by atoms with Crippen molar-refractivity contribution in [3.05, 3.63) is 42.0 Å². The fourth-order valence-corrected chi connectivity index (χ4v) is 2.19. The highest BCUT2D eigenvalue weighted by atomic mass is 16.5. The third kappa shape index (κ3) is 3.51. The summed E-state index contributed by atoms with van der Waals surface area (Å²) in [5, 5.41) is 10.7. The number of methoxy groups -OCH3 is 1. The number of aliphatic carboxylic acids is 1. The molecule has 0 saturated carbocycles. The minimum Gasteiger partial charge on any atom is -0.497 e. The molecule has 0 fully saturated rings. The van der Waals surface area contributed by atoms with Crippen molar-refractivity contribution in [2.75, 3.05) is 20.7 Å². The Morgan fingerprint density at radius 3 is 2.67 bits per heavy atom. The van der Waals surface area contributed by atoms with Crippen molar-refractivity contribution in [2.24, 2.45) is 0 Å². The van der Waals surface area contributed by atoms with Gasteiger partial charge in [-0.2, -0.15) is 0 Å². The molecular formula is C16H17NO4. The number of nitrogens with zero attached hydrogens (tertiary/aromatic N) is 1. The summed E-state index contributed by atoms with van der Waals surface area (Å²) in [7, 11) is 3.08. The molecule has 0 saturated heterocycles. The number of rotatable bonds is 5. The number of fused-ring (bicyclic) bond motifs is 1. The van der Waals surface area contributed by atoms with Crippen LogP contribution < -0.4 is 4.74 Å². The molecule has 2 aromatic rings. The van der Waals surface area contributed by atoms with Crippen molar-refractivity contribution in [2.45, 2.75) is 6.42 Å². The van der Waals surface area contributed by atoms with E-state index in [-0.39, 0.29) is 18.9 Å². The fourth-order valence-electron chi connectivity index (χ4n) is 2.19. The maximum atomic E-state index is 12.1. The molecular weight excluding hydrogens is 270 g/mol. The molecule has 2 aromatic carbocycles. The van der Waals surface area contributed by atoms with Gasteiger partial charge in [0.2, 0.25) is 5.91 Å². The molecule has 110 valence electrons. The SMILES string of the molecule is COc1ccc2cccc(CC(=O)N(C)CC(=O)O)c2c1. The summed E-state index contributed by atoms with van der Waals surface area (Å²) in [4.78, 5) is 23.9. The van der Waals surface area contributed by atoms with Crippen LogP contribution in [0.25, 0.3) is 10.8 Å². The number of likely N-dealkylation sites (N-methyl/N-ethyl adjacent to an activating group) is 1. The monoisotopic (exact) mass is 287 g/mol. The highest BCUT2D eigenvalue weighted by molar-refractivity contribution is 5.91. The number of ether oxygens (including phenoxy) is 1. The Bertz CT molecular complexity index is 681. The Labute approximate surface area is 122 Å². The van der Waals surface area contributed by atoms with Crippen LogP contribution in [0.2, 0.25) is 0 Å². The summed E-state index contributed by atoms with van der Waals surface area (Å²) in [6.07, 6.45) is 0.161. The van der Waals surface area contributed by atoms with Crippen molar-refractivity contribution < 1.29 is 19.4 Å². The van der Waals surface area contributed by atoms with E-state index >= 15 is 0 Å². The highest BCUT2D eigenvalue weighted by Crippen LogP contribution is 2.24. The van der Waals surface area contributed by atoms with Gasteiger partial charge in [0.25, 0.3) is 0 Å². The first-order valence-electron chi connectivity index (χ1n) is 6.52. The van der Waals surface area contributed by atoms with Crippen LogP contribution in [0.1, 0.15) is 5.56 Å². The second-order valence-corrected chi connectivity index (χ2v) is 4.82. The number of carbonyl (C=O) groups excluding carboxylic acids is 1. The number of carboxylic acids is 1. The van der Waals surface area contributed by atoms with Gasteiger partial charge in [-0.05, 0) is 28.5 Å². The molecule has 21 heavy (non-hydrogen) atoms. The van der Waals surface area contributed by atoms with E-state index in [1.54, 1.807) is 7.11 Å². The van der Waals surface area contributed by atoms with E-state index in [0.29, 0.717) is 0 Å². The molecule has 0 aliphatic carbocycles. The molecule has 0 aromatic heterocycles. The van der Waals surface area contributed by atoms with Gasteiger partial charge in [0, 0.05) is 7.05 Å². The average Bonchev–Trinajstić information content (AvgIpc) is 2.46. The van der Waals surface area contributed by atoms with E-state index in [9.17, 15) is 9.59 Å². The minimum atomic E-state index is -1.02. The van der Waals surface area contributed by atoms with Crippen LogP contribution in [0.3, 0.4) is 0 Å². The normalized spacial score (nSPS) is 10.4. The summed E-state index contributed by atoms with van der Waals surface area (Å²) in [6.45, 7) is -0.299. The fraction of sp³-hybridized carbons (Fsp3) is 0.250. The van der Waals surface area contributed by atoms with Gasteiger partial charge < -0.3 is 14.7 Å². The van der Waals surface area contributed by atoms with E-state index in [0.717, 1.165) is 22.1 Å². The first-order chi connectivity index (χ1) is 10.0. The topological polar surface area (TPSA) is 66.8 Å². The van der Waals surface area contributed by atoms with Crippen molar-refractivity contribution >= 4 is 22.6 Å². The van der Waals surface area contributed by atoms with Crippen LogP contribution in [0.4, 0.5) is 0 Å². The lowest BCUT2D eigenvalue weighted by Crippen LogP contribution is -2.33. The number of amides is 1. The van der Waals surface area contributed by atoms with Gasteiger partial charge in [0.1, 0.15) is 12.3 Å². The quantitative estimate of drug-likeness (QED) is 0.912. The first kappa shape index (κ1) is 14.8. The second-order valence-electron chi connectivity index (χ2n) is 4.82. The summed E-state index contributed by atoms with van der Waals surface area (Å²) < 4.78 is 5.21. The number of hydrogen-bond acceptors (Lipinski definition) is 3. The lowest BCUT2D eigenvalue weighted by molar-refractivity contribution is -0.143. The lowest BCUT2D eigenvalue weighted by Gasteiger charge is -2.15. The average molecular weight is 287 g/mol. The Morgan fingerprint density at radius 2 is 2.00 bits per heavy atom. The number of hydrogen-bond donors (Lipinski definition) is 1. The van der Waals surface area contributed by atoms with Crippen LogP contribution in [0.5, 0.6) is 5.75 Å². The minimum absolute atomic E-state index is 0.161. The zero-order valence-electron chi connectivity index (χ0n) is 12.0. The van der Waals surface area contributed by atoms with Crippen LogP contribution in [-0.2, 0) is 16.0 Å². The van der Waals surface area contributed by atoms with Crippen molar-refractivity contribution in [1.82, 2.24) is 4.90 Å². The van der Waals surface area contributed by atoms with Crippen molar-refractivity contribution in [3.8, 4) is 5.75 Å². The molecule has 0 unspecified atom stereocenters. The Kier molecular flexibility index (Phi) is 4.42. The van der Waals surface area contributed by atoms with Gasteiger partial charge in [0.15, 0.2) is 0 Å². The van der Waals surface area contributed by atoms with E-state index in [2.05, 4.69) is 0 Å². The molecule has 0 radical (unpaired) electrons. The molecule has 2 rings (SSSR count). The molecule has 0 spiro atoms. The Hall–Kier alpha value is -2.56. The standard InChI is InChI=1S/C16H17NO4/c1-17(10-16(19)20)15(18)8-12-5-3-4-11-6-7-13(21-2)9-14(11)12/h3-7,9H,8,10H2,1-2H3,(H,19,20). The van der Waals surface area contributed by atoms with Crippen LogP contribution in [0.15, 0.2) is 36.4 Å². The van der Waals surface area contributed by atoms with Crippen molar-refractivity contribution in [1.29, 1.82) is 0 Å². The zero-order chi connectivity index (χ0) is 15.4. The van der Waals surface area contributed by atoms with E-state index in [1.165, 1.54) is 11.9 Å². The predicted octanol–water partition coefficient (Wildman–Crippen LogP) is 1.93. The smallest absolute Gasteiger partial charge is 0.323 e. The largest absolute Gasteiger partial charge is 0.497 e. The number of carbonyl (C=O) groups is 2. The molecule has 0 aliphatic rings. The van der Waals surface area contributed by atoms with Crippen molar-refractivity contribution in [3.63, 3.8) is 0 Å². The van der Waals surface area contributed by atoms with Gasteiger partial charge in [-0.25, -0.2) is 0 Å². The van der Waals surface area contributed by atoms with E-state index in [1.807, 2.05) is 36.4 Å². The van der Waals surface area contributed by atoms with Gasteiger partial charge in [-0.15, -0.1) is 0 Å². The van der Waals surface area contributed by atoms with Crippen LogP contribution in [-0.4, -0.2) is 42.6 Å². The number of benzene rings is 2. The predicted molar refractivity (Wildman–Crippen MR) is 79.5 cm³/mol. The van der Waals surface area contributed by atoms with Crippen LogP contribution in [0, 0.1) is 0 Å². The summed E-state index contributed by atoms with van der Waals surface area (Å²) in [6, 6.07) is 11.4. The van der Waals surface area contributed by atoms with Crippen LogP contribution >= 0.6 is 0 Å². The Morgan fingerprint density at radius 1 is 1.24 bits per heavy atom.